The van der Waals surface area contributed by atoms with E-state index in [1.54, 1.807) is 12.1 Å². The van der Waals surface area contributed by atoms with Crippen molar-refractivity contribution >= 4 is 5.91 Å². The number of hydrogen-bond donors (Lipinski definition) is 0. The summed E-state index contributed by atoms with van der Waals surface area (Å²) in [4.78, 5) is 20.4. The minimum atomic E-state index is -0.208. The van der Waals surface area contributed by atoms with Crippen molar-refractivity contribution in [2.75, 3.05) is 27.2 Å². The smallest absolute Gasteiger partial charge is 0.237 e. The first kappa shape index (κ1) is 17.0. The topological polar surface area (TPSA) is 74.4 Å². The number of hydrogen-bond acceptors (Lipinski definition) is 5. The predicted molar refractivity (Wildman–Crippen MR) is 91.8 cm³/mol. The number of nitrogens with zero attached hydrogens (tertiary/aromatic N) is 5. The molecular formula is C18H21N5O2. The summed E-state index contributed by atoms with van der Waals surface area (Å²) in [6.07, 6.45) is 3.28. The van der Waals surface area contributed by atoms with Crippen molar-refractivity contribution in [2.24, 2.45) is 0 Å². The van der Waals surface area contributed by atoms with Gasteiger partial charge in [-0.2, -0.15) is 5.26 Å². The number of nitriles is 1. The van der Waals surface area contributed by atoms with Crippen LogP contribution in [0.5, 0.6) is 5.88 Å². The summed E-state index contributed by atoms with van der Waals surface area (Å²) >= 11 is 0. The maximum atomic E-state index is 12.5. The van der Waals surface area contributed by atoms with Gasteiger partial charge in [0.05, 0.1) is 31.7 Å². The maximum absolute atomic E-state index is 12.5. The monoisotopic (exact) mass is 339 g/mol. The van der Waals surface area contributed by atoms with Crippen LogP contribution >= 0.6 is 0 Å². The van der Waals surface area contributed by atoms with Crippen LogP contribution in [0.2, 0.25) is 0 Å². The largest absolute Gasteiger partial charge is 0.471 e. The van der Waals surface area contributed by atoms with Gasteiger partial charge in [0, 0.05) is 24.2 Å². The highest BCUT2D eigenvalue weighted by Gasteiger charge is 2.26. The highest BCUT2D eigenvalue weighted by molar-refractivity contribution is 5.78. The van der Waals surface area contributed by atoms with E-state index >= 15 is 0 Å². The van der Waals surface area contributed by atoms with Crippen molar-refractivity contribution in [3.05, 3.63) is 47.9 Å². The number of amides is 1. The second-order valence-corrected chi connectivity index (χ2v) is 6.40. The van der Waals surface area contributed by atoms with Gasteiger partial charge in [-0.15, -0.1) is 0 Å². The van der Waals surface area contributed by atoms with Crippen LogP contribution in [0.25, 0.3) is 0 Å². The van der Waals surface area contributed by atoms with Gasteiger partial charge < -0.3 is 19.1 Å². The van der Waals surface area contributed by atoms with E-state index < -0.39 is 0 Å². The van der Waals surface area contributed by atoms with Gasteiger partial charge in [-0.3, -0.25) is 4.79 Å². The Kier molecular flexibility index (Phi) is 5.00. The number of ether oxygens (including phenoxy) is 1. The highest BCUT2D eigenvalue weighted by atomic mass is 16.5. The van der Waals surface area contributed by atoms with E-state index in [1.807, 2.05) is 48.3 Å². The summed E-state index contributed by atoms with van der Waals surface area (Å²) in [5.41, 5.74) is 1.58. The molecule has 130 valence electrons. The Morgan fingerprint density at radius 3 is 2.92 bits per heavy atom. The molecule has 3 heterocycles. The molecule has 1 atom stereocenters. The fraction of sp³-hybridized carbons (Fsp3) is 0.389. The van der Waals surface area contributed by atoms with E-state index in [0.717, 1.165) is 5.69 Å². The third-order valence-corrected chi connectivity index (χ3v) is 4.06. The Balaban J connectivity index is 1.78. The van der Waals surface area contributed by atoms with E-state index in [9.17, 15) is 4.79 Å². The molecule has 0 N–H and O–H groups in total. The van der Waals surface area contributed by atoms with Crippen LogP contribution in [-0.2, 0) is 17.9 Å². The van der Waals surface area contributed by atoms with E-state index in [-0.39, 0.29) is 12.0 Å². The Hall–Kier alpha value is -2.85. The molecular weight excluding hydrogens is 318 g/mol. The van der Waals surface area contributed by atoms with Crippen LogP contribution in [-0.4, -0.2) is 58.5 Å². The molecule has 2 aromatic heterocycles. The molecule has 1 aliphatic heterocycles. The maximum Gasteiger partial charge on any atom is 0.237 e. The van der Waals surface area contributed by atoms with Crippen molar-refractivity contribution in [1.29, 1.82) is 5.26 Å². The van der Waals surface area contributed by atoms with Gasteiger partial charge >= 0.3 is 0 Å². The van der Waals surface area contributed by atoms with E-state index in [2.05, 4.69) is 9.55 Å². The summed E-state index contributed by atoms with van der Waals surface area (Å²) < 4.78 is 8.11. The average molecular weight is 339 g/mol. The second-order valence-electron chi connectivity index (χ2n) is 6.40. The van der Waals surface area contributed by atoms with Gasteiger partial charge in [0.25, 0.3) is 0 Å². The molecule has 0 spiro atoms. The van der Waals surface area contributed by atoms with Gasteiger partial charge in [0.2, 0.25) is 11.8 Å². The molecule has 1 unspecified atom stereocenters. The van der Waals surface area contributed by atoms with Gasteiger partial charge in [-0.05, 0) is 32.3 Å². The number of pyridine rings is 1. The summed E-state index contributed by atoms with van der Waals surface area (Å²) in [6, 6.07) is 9.40. The molecule has 25 heavy (non-hydrogen) atoms. The van der Waals surface area contributed by atoms with Gasteiger partial charge in [-0.1, -0.05) is 0 Å². The molecule has 2 aromatic rings. The predicted octanol–water partition coefficient (Wildman–Crippen LogP) is 1.11. The zero-order valence-corrected chi connectivity index (χ0v) is 14.4. The molecule has 0 bridgehead atoms. The van der Waals surface area contributed by atoms with Crippen LogP contribution in [0, 0.1) is 11.3 Å². The summed E-state index contributed by atoms with van der Waals surface area (Å²) in [5.74, 6) is 0.528. The first-order valence-electron chi connectivity index (χ1n) is 8.14. The average Bonchev–Trinajstić information content (AvgIpc) is 2.93. The molecule has 0 saturated carbocycles. The van der Waals surface area contributed by atoms with Gasteiger partial charge in [-0.25, -0.2) is 4.98 Å². The van der Waals surface area contributed by atoms with E-state index in [0.29, 0.717) is 37.6 Å². The quantitative estimate of drug-likeness (QED) is 0.834. The summed E-state index contributed by atoms with van der Waals surface area (Å²) in [5, 5.41) is 8.86. The number of rotatable bonds is 4. The summed E-state index contributed by atoms with van der Waals surface area (Å²) in [6.45, 7) is 2.08. The first-order valence-corrected chi connectivity index (χ1v) is 8.14. The normalized spacial score (nSPS) is 16.9. The van der Waals surface area contributed by atoms with Crippen molar-refractivity contribution in [3.8, 4) is 11.9 Å². The van der Waals surface area contributed by atoms with E-state index in [4.69, 9.17) is 10.00 Å². The van der Waals surface area contributed by atoms with Crippen LogP contribution in [0.15, 0.2) is 36.7 Å². The lowest BCUT2D eigenvalue weighted by Gasteiger charge is -2.25. The Morgan fingerprint density at radius 1 is 1.40 bits per heavy atom. The third kappa shape index (κ3) is 4.17. The van der Waals surface area contributed by atoms with Crippen molar-refractivity contribution in [3.63, 3.8) is 0 Å². The molecule has 1 aliphatic rings. The SMILES string of the molecule is CN(C)CC(=O)N1Cc2cccn2CC(Oc2ccc(C#N)cn2)C1. The molecule has 0 radical (unpaired) electrons. The molecule has 0 aromatic carbocycles. The lowest BCUT2D eigenvalue weighted by atomic mass is 10.3. The zero-order chi connectivity index (χ0) is 17.8. The molecule has 7 nitrogen and oxygen atoms in total. The fourth-order valence-electron chi connectivity index (χ4n) is 2.88. The number of carbonyl (C=O) groups is 1. The molecule has 0 saturated heterocycles. The van der Waals surface area contributed by atoms with Crippen molar-refractivity contribution in [1.82, 2.24) is 19.4 Å². The molecule has 1 amide bonds. The zero-order valence-electron chi connectivity index (χ0n) is 14.4. The fourth-order valence-corrected chi connectivity index (χ4v) is 2.88. The number of carbonyl (C=O) groups excluding carboxylic acids is 1. The van der Waals surface area contributed by atoms with Crippen LogP contribution in [0.1, 0.15) is 11.3 Å². The molecule has 7 heteroatoms. The van der Waals surface area contributed by atoms with Crippen LogP contribution in [0.3, 0.4) is 0 Å². The standard InChI is InChI=1S/C18H21N5O2/c1-21(2)13-18(24)23-10-15-4-3-7-22(15)11-16(12-23)25-17-6-5-14(8-19)9-20-17/h3-7,9,16H,10-13H2,1-2H3. The third-order valence-electron chi connectivity index (χ3n) is 4.06. The second kappa shape index (κ2) is 7.36. The van der Waals surface area contributed by atoms with Gasteiger partial charge in [0.1, 0.15) is 12.2 Å². The summed E-state index contributed by atoms with van der Waals surface area (Å²) in [7, 11) is 3.76. The highest BCUT2D eigenvalue weighted by Crippen LogP contribution is 2.18. The van der Waals surface area contributed by atoms with Crippen LogP contribution in [0.4, 0.5) is 0 Å². The molecule has 3 rings (SSSR count). The lowest BCUT2D eigenvalue weighted by molar-refractivity contribution is -0.133. The molecule has 0 fully saturated rings. The number of fused-ring (bicyclic) bond motifs is 1. The number of aromatic nitrogens is 2. The Bertz CT molecular complexity index is 776. The Labute approximate surface area is 147 Å². The van der Waals surface area contributed by atoms with Gasteiger partial charge in [0.15, 0.2) is 0 Å². The van der Waals surface area contributed by atoms with E-state index in [1.165, 1.54) is 6.20 Å². The van der Waals surface area contributed by atoms with Crippen LogP contribution < -0.4 is 4.74 Å². The Morgan fingerprint density at radius 2 is 2.24 bits per heavy atom. The minimum Gasteiger partial charge on any atom is -0.471 e. The lowest BCUT2D eigenvalue weighted by Crippen LogP contribution is -2.42. The first-order chi connectivity index (χ1) is 12.0. The van der Waals surface area contributed by atoms with Crippen molar-refractivity contribution in [2.45, 2.75) is 19.2 Å². The minimum absolute atomic E-state index is 0.0704. The molecule has 0 aliphatic carbocycles. The van der Waals surface area contributed by atoms with Crippen molar-refractivity contribution < 1.29 is 9.53 Å². The number of likely N-dealkylation sites (N-methyl/N-ethyl adjacent to an activating group) is 1.